The van der Waals surface area contributed by atoms with E-state index >= 15 is 0 Å². The van der Waals surface area contributed by atoms with Crippen LogP contribution >= 0.6 is 23.2 Å². The maximum atomic E-state index is 12.8. The molecule has 3 aromatic carbocycles. The second kappa shape index (κ2) is 10.6. The van der Waals surface area contributed by atoms with Gasteiger partial charge < -0.3 is 14.8 Å². The van der Waals surface area contributed by atoms with Crippen molar-refractivity contribution in [3.63, 3.8) is 0 Å². The van der Waals surface area contributed by atoms with Crippen LogP contribution in [-0.4, -0.2) is 28.9 Å². The largest absolute Gasteiger partial charge is 0.495 e. The molecule has 0 saturated carbocycles. The number of halogens is 2. The Labute approximate surface area is 208 Å². The molecule has 0 spiro atoms. The first-order valence-electron chi connectivity index (χ1n) is 10.6. The summed E-state index contributed by atoms with van der Waals surface area (Å²) in [7, 11) is 1.57. The summed E-state index contributed by atoms with van der Waals surface area (Å²) >= 11 is 12.5. The van der Waals surface area contributed by atoms with Gasteiger partial charge in [0, 0.05) is 23.9 Å². The van der Waals surface area contributed by atoms with Crippen LogP contribution in [0.5, 0.6) is 11.5 Å². The van der Waals surface area contributed by atoms with Crippen LogP contribution in [-0.2, 0) is 11.3 Å². The van der Waals surface area contributed by atoms with E-state index in [9.17, 15) is 4.79 Å². The van der Waals surface area contributed by atoms with Crippen LogP contribution in [0.25, 0.3) is 16.9 Å². The maximum absolute atomic E-state index is 12.8. The molecule has 34 heavy (non-hydrogen) atoms. The summed E-state index contributed by atoms with van der Waals surface area (Å²) in [4.78, 5) is 12.8. The van der Waals surface area contributed by atoms with Crippen molar-refractivity contribution in [2.45, 2.75) is 19.6 Å². The van der Waals surface area contributed by atoms with Gasteiger partial charge in [-0.3, -0.25) is 4.79 Å². The highest BCUT2D eigenvalue weighted by Gasteiger charge is 2.19. The summed E-state index contributed by atoms with van der Waals surface area (Å²) in [5, 5.41) is 8.63. The van der Waals surface area contributed by atoms with E-state index in [-0.39, 0.29) is 12.5 Å². The summed E-state index contributed by atoms with van der Waals surface area (Å²) < 4.78 is 12.8. The Hall–Kier alpha value is -3.48. The van der Waals surface area contributed by atoms with Crippen molar-refractivity contribution in [1.29, 1.82) is 0 Å². The van der Waals surface area contributed by atoms with Gasteiger partial charge in [-0.1, -0.05) is 53.5 Å². The number of ether oxygens (including phenoxy) is 2. The van der Waals surface area contributed by atoms with Gasteiger partial charge in [0.2, 0.25) is 0 Å². The second-order valence-electron chi connectivity index (χ2n) is 7.54. The van der Waals surface area contributed by atoms with Gasteiger partial charge in [0.1, 0.15) is 11.5 Å². The predicted molar refractivity (Wildman–Crippen MR) is 134 cm³/mol. The molecule has 1 unspecified atom stereocenters. The lowest BCUT2D eigenvalue weighted by molar-refractivity contribution is -0.127. The van der Waals surface area contributed by atoms with Crippen molar-refractivity contribution in [3.05, 3.63) is 94.6 Å². The molecule has 1 amide bonds. The van der Waals surface area contributed by atoms with Gasteiger partial charge in [-0.25, -0.2) is 4.68 Å². The summed E-state index contributed by atoms with van der Waals surface area (Å²) in [5.74, 6) is 0.761. The molecule has 1 N–H and O–H groups in total. The number of rotatable bonds is 8. The summed E-state index contributed by atoms with van der Waals surface area (Å²) in [6, 6.07) is 22.3. The molecule has 1 atom stereocenters. The fraction of sp³-hybridized carbons (Fsp3) is 0.154. The lowest BCUT2D eigenvalue weighted by Gasteiger charge is -2.15. The van der Waals surface area contributed by atoms with Crippen molar-refractivity contribution >= 4 is 29.1 Å². The molecule has 1 aromatic heterocycles. The van der Waals surface area contributed by atoms with E-state index in [4.69, 9.17) is 37.8 Å². The van der Waals surface area contributed by atoms with Crippen LogP contribution in [0.2, 0.25) is 10.0 Å². The normalized spacial score (nSPS) is 11.6. The second-order valence-corrected chi connectivity index (χ2v) is 8.36. The van der Waals surface area contributed by atoms with E-state index in [1.54, 1.807) is 55.1 Å². The molecular weight excluding hydrogens is 473 g/mol. The Morgan fingerprint density at radius 2 is 1.74 bits per heavy atom. The molecule has 4 rings (SSSR count). The van der Waals surface area contributed by atoms with Gasteiger partial charge in [-0.2, -0.15) is 5.10 Å². The molecule has 0 bridgehead atoms. The van der Waals surface area contributed by atoms with Gasteiger partial charge in [0.25, 0.3) is 5.91 Å². The predicted octanol–water partition coefficient (Wildman–Crippen LogP) is 5.94. The molecule has 174 valence electrons. The number of nitrogens with zero attached hydrogens (tertiary/aromatic N) is 2. The minimum atomic E-state index is -0.733. The third-order valence-corrected chi connectivity index (χ3v) is 5.81. The number of hydrogen-bond donors (Lipinski definition) is 1. The third-order valence-electron chi connectivity index (χ3n) is 5.20. The number of nitrogens with one attached hydrogen (secondary N) is 1. The smallest absolute Gasteiger partial charge is 0.261 e. The Balaban J connectivity index is 1.57. The quantitative estimate of drug-likeness (QED) is 0.328. The van der Waals surface area contributed by atoms with E-state index in [0.717, 1.165) is 16.8 Å². The highest BCUT2D eigenvalue weighted by atomic mass is 35.5. The van der Waals surface area contributed by atoms with Crippen LogP contribution in [0.1, 0.15) is 12.5 Å². The average molecular weight is 496 g/mol. The molecule has 0 aliphatic rings. The first-order valence-corrected chi connectivity index (χ1v) is 11.4. The van der Waals surface area contributed by atoms with Crippen molar-refractivity contribution in [2.75, 3.05) is 7.11 Å². The van der Waals surface area contributed by atoms with Crippen LogP contribution < -0.4 is 14.8 Å². The highest BCUT2D eigenvalue weighted by Crippen LogP contribution is 2.31. The van der Waals surface area contributed by atoms with Crippen LogP contribution in [0.4, 0.5) is 0 Å². The fourth-order valence-corrected chi connectivity index (χ4v) is 3.86. The lowest BCUT2D eigenvalue weighted by Crippen LogP contribution is -2.36. The van der Waals surface area contributed by atoms with Crippen molar-refractivity contribution in [1.82, 2.24) is 15.1 Å². The molecule has 6 nitrogen and oxygen atoms in total. The molecule has 0 aliphatic heterocycles. The molecule has 1 heterocycles. The summed E-state index contributed by atoms with van der Waals surface area (Å²) in [6.07, 6.45) is 1.16. The van der Waals surface area contributed by atoms with Crippen molar-refractivity contribution < 1.29 is 14.3 Å². The zero-order valence-electron chi connectivity index (χ0n) is 18.7. The van der Waals surface area contributed by atoms with Crippen LogP contribution in [0.15, 0.2) is 79.0 Å². The molecule has 4 aromatic rings. The fourth-order valence-electron chi connectivity index (χ4n) is 3.42. The number of benzene rings is 3. The number of amides is 1. The van der Waals surface area contributed by atoms with Gasteiger partial charge in [0.05, 0.1) is 28.5 Å². The number of carbonyl (C=O) groups is 1. The number of aromatic nitrogens is 2. The van der Waals surface area contributed by atoms with Gasteiger partial charge >= 0.3 is 0 Å². The minimum Gasteiger partial charge on any atom is -0.495 e. The molecule has 0 aliphatic carbocycles. The maximum Gasteiger partial charge on any atom is 0.261 e. The topological polar surface area (TPSA) is 65.4 Å². The Kier molecular flexibility index (Phi) is 7.40. The lowest BCUT2D eigenvalue weighted by atomic mass is 10.1. The van der Waals surface area contributed by atoms with Gasteiger partial charge in [0.15, 0.2) is 6.10 Å². The monoisotopic (exact) mass is 495 g/mol. The van der Waals surface area contributed by atoms with E-state index in [2.05, 4.69) is 5.32 Å². The Morgan fingerprint density at radius 1 is 1.00 bits per heavy atom. The summed E-state index contributed by atoms with van der Waals surface area (Å²) in [6.45, 7) is 1.93. The SMILES string of the molecule is COc1ccc(-c2nn(-c3ccccc3)cc2CNC(=O)C(C)Oc2ccccc2Cl)cc1Cl. The highest BCUT2D eigenvalue weighted by molar-refractivity contribution is 6.32. The molecule has 0 radical (unpaired) electrons. The zero-order chi connectivity index (χ0) is 24.1. The van der Waals surface area contributed by atoms with E-state index in [1.165, 1.54) is 0 Å². The Morgan fingerprint density at radius 3 is 2.44 bits per heavy atom. The molecule has 8 heteroatoms. The Bertz CT molecular complexity index is 1290. The first-order chi connectivity index (χ1) is 16.5. The average Bonchev–Trinajstić information content (AvgIpc) is 3.28. The number of methoxy groups -OCH3 is 1. The molecule has 0 fully saturated rings. The number of hydrogen-bond acceptors (Lipinski definition) is 4. The van der Waals surface area contributed by atoms with E-state index in [1.807, 2.05) is 42.6 Å². The zero-order valence-corrected chi connectivity index (χ0v) is 20.2. The summed E-state index contributed by atoms with van der Waals surface area (Å²) in [5.41, 5.74) is 3.23. The van der Waals surface area contributed by atoms with Crippen molar-refractivity contribution in [2.24, 2.45) is 0 Å². The van der Waals surface area contributed by atoms with Gasteiger partial charge in [-0.05, 0) is 49.4 Å². The molecule has 0 saturated heterocycles. The van der Waals surface area contributed by atoms with Crippen molar-refractivity contribution in [3.8, 4) is 28.4 Å². The molecular formula is C26H23Cl2N3O3. The third kappa shape index (κ3) is 5.35. The van der Waals surface area contributed by atoms with E-state index in [0.29, 0.717) is 27.2 Å². The standard InChI is InChI=1S/C26H23Cl2N3O3/c1-17(34-24-11-7-6-10-21(24)27)26(32)29-15-19-16-31(20-8-4-3-5-9-20)30-25(19)18-12-13-23(33-2)22(28)14-18/h3-14,16-17H,15H2,1-2H3,(H,29,32). The number of para-hydroxylation sites is 2. The first kappa shape index (κ1) is 23.7. The van der Waals surface area contributed by atoms with Gasteiger partial charge in [-0.15, -0.1) is 0 Å². The van der Waals surface area contributed by atoms with E-state index < -0.39 is 6.10 Å². The minimum absolute atomic E-state index is 0.251. The number of carbonyl (C=O) groups excluding carboxylic acids is 1. The van der Waals surface area contributed by atoms with Crippen LogP contribution in [0, 0.1) is 0 Å². The van der Waals surface area contributed by atoms with Crippen LogP contribution in [0.3, 0.4) is 0 Å².